The van der Waals surface area contributed by atoms with Crippen molar-refractivity contribution in [2.45, 2.75) is 20.1 Å². The van der Waals surface area contributed by atoms with Gasteiger partial charge in [0.15, 0.2) is 18.1 Å². The zero-order chi connectivity index (χ0) is 13.7. The molecule has 0 aliphatic heterocycles. The van der Waals surface area contributed by atoms with E-state index in [4.69, 9.17) is 14.6 Å². The molecule has 0 radical (unpaired) electrons. The van der Waals surface area contributed by atoms with Crippen molar-refractivity contribution in [2.75, 3.05) is 6.61 Å². The van der Waals surface area contributed by atoms with Crippen LogP contribution < -0.4 is 9.47 Å². The molecule has 2 aromatic rings. The van der Waals surface area contributed by atoms with Gasteiger partial charge in [-0.25, -0.2) is 0 Å². The Morgan fingerprint density at radius 3 is 2.74 bits per heavy atom. The highest BCUT2D eigenvalue weighted by Gasteiger charge is 2.08. The Morgan fingerprint density at radius 1 is 1.26 bits per heavy atom. The predicted molar refractivity (Wildman–Crippen MR) is 66.7 cm³/mol. The van der Waals surface area contributed by atoms with Gasteiger partial charge in [-0.2, -0.15) is 4.80 Å². The topological polar surface area (TPSA) is 82.3 Å². The normalized spacial score (nSPS) is 10.5. The second kappa shape index (κ2) is 6.14. The number of aromatic nitrogens is 4. The van der Waals surface area contributed by atoms with Crippen LogP contribution in [0.5, 0.6) is 11.5 Å². The van der Waals surface area contributed by atoms with E-state index in [1.54, 1.807) is 25.2 Å². The van der Waals surface area contributed by atoms with Crippen molar-refractivity contribution in [3.05, 3.63) is 29.6 Å². The molecule has 0 atom stereocenters. The molecule has 2 rings (SSSR count). The first-order chi connectivity index (χ1) is 9.22. The van der Waals surface area contributed by atoms with E-state index in [2.05, 4.69) is 15.4 Å². The van der Waals surface area contributed by atoms with E-state index in [0.717, 1.165) is 5.56 Å². The minimum Gasteiger partial charge on any atom is -0.490 e. The zero-order valence-electron chi connectivity index (χ0n) is 10.9. The molecule has 1 N–H and O–H groups in total. The van der Waals surface area contributed by atoms with E-state index in [9.17, 15) is 0 Å². The second-order valence-electron chi connectivity index (χ2n) is 3.86. The van der Waals surface area contributed by atoms with E-state index in [0.29, 0.717) is 23.9 Å². The van der Waals surface area contributed by atoms with Crippen LogP contribution in [0.15, 0.2) is 18.2 Å². The molecular formula is C12H16N4O3. The van der Waals surface area contributed by atoms with Gasteiger partial charge in [0.25, 0.3) is 0 Å². The molecule has 0 saturated heterocycles. The Kier molecular flexibility index (Phi) is 4.30. The van der Waals surface area contributed by atoms with Gasteiger partial charge in [-0.1, -0.05) is 6.07 Å². The zero-order valence-corrected chi connectivity index (χ0v) is 10.9. The molecule has 1 heterocycles. The Bertz CT molecular complexity index is 542. The van der Waals surface area contributed by atoms with Crippen molar-refractivity contribution >= 4 is 0 Å². The fraction of sp³-hybridized carbons (Fsp3) is 0.417. The molecule has 0 spiro atoms. The third-order valence-corrected chi connectivity index (χ3v) is 2.40. The maximum absolute atomic E-state index is 9.10. The highest BCUT2D eigenvalue weighted by Crippen LogP contribution is 2.29. The van der Waals surface area contributed by atoms with Gasteiger partial charge in [0.2, 0.25) is 5.82 Å². The minimum atomic E-state index is -0.0356. The maximum Gasteiger partial charge on any atom is 0.212 e. The lowest BCUT2D eigenvalue weighted by Gasteiger charge is -2.11. The summed E-state index contributed by atoms with van der Waals surface area (Å²) in [5.41, 5.74) is 0.772. The standard InChI is InChI=1S/C12H16N4O3/c1-3-18-11-6-9(7-17)4-5-10(11)19-8-12-13-15-16(2)14-12/h4-6,17H,3,7-8H2,1-2H3. The molecule has 0 fully saturated rings. The lowest BCUT2D eigenvalue weighted by molar-refractivity contribution is 0.259. The number of tetrazole rings is 1. The number of ether oxygens (including phenoxy) is 2. The molecule has 7 nitrogen and oxygen atoms in total. The van der Waals surface area contributed by atoms with Crippen LogP contribution in [-0.2, 0) is 20.3 Å². The summed E-state index contributed by atoms with van der Waals surface area (Å²) < 4.78 is 11.1. The Labute approximate surface area is 110 Å². The van der Waals surface area contributed by atoms with E-state index < -0.39 is 0 Å². The molecule has 7 heteroatoms. The maximum atomic E-state index is 9.10. The highest BCUT2D eigenvalue weighted by atomic mass is 16.5. The van der Waals surface area contributed by atoms with E-state index in [1.165, 1.54) is 4.80 Å². The number of aliphatic hydroxyl groups is 1. The van der Waals surface area contributed by atoms with Crippen LogP contribution in [0.1, 0.15) is 18.3 Å². The smallest absolute Gasteiger partial charge is 0.212 e. The lowest BCUT2D eigenvalue weighted by atomic mass is 10.2. The van der Waals surface area contributed by atoms with Crippen LogP contribution in [0.2, 0.25) is 0 Å². The van der Waals surface area contributed by atoms with Crippen molar-refractivity contribution in [3.63, 3.8) is 0 Å². The second-order valence-corrected chi connectivity index (χ2v) is 3.86. The summed E-state index contributed by atoms with van der Waals surface area (Å²) in [5, 5.41) is 20.7. The molecule has 1 aromatic carbocycles. The van der Waals surface area contributed by atoms with Crippen LogP contribution in [0.4, 0.5) is 0 Å². The Balaban J connectivity index is 2.10. The summed E-state index contributed by atoms with van der Waals surface area (Å²) in [7, 11) is 1.69. The van der Waals surface area contributed by atoms with Crippen LogP contribution in [0.25, 0.3) is 0 Å². The molecule has 0 bridgehead atoms. The van der Waals surface area contributed by atoms with Gasteiger partial charge in [-0.15, -0.1) is 10.2 Å². The van der Waals surface area contributed by atoms with Crippen molar-refractivity contribution in [2.24, 2.45) is 7.05 Å². The number of aliphatic hydroxyl groups excluding tert-OH is 1. The van der Waals surface area contributed by atoms with Gasteiger partial charge in [-0.05, 0) is 29.8 Å². The van der Waals surface area contributed by atoms with Gasteiger partial charge in [0.1, 0.15) is 0 Å². The highest BCUT2D eigenvalue weighted by molar-refractivity contribution is 5.42. The number of aryl methyl sites for hydroxylation is 1. The predicted octanol–water partition coefficient (Wildman–Crippen LogP) is 0.680. The number of hydrogen-bond acceptors (Lipinski definition) is 6. The molecule has 0 amide bonds. The van der Waals surface area contributed by atoms with E-state index in [-0.39, 0.29) is 13.2 Å². The summed E-state index contributed by atoms with van der Waals surface area (Å²) >= 11 is 0. The lowest BCUT2D eigenvalue weighted by Crippen LogP contribution is -2.02. The van der Waals surface area contributed by atoms with Gasteiger partial charge in [0.05, 0.1) is 20.3 Å². The quantitative estimate of drug-likeness (QED) is 0.826. The number of nitrogens with zero attached hydrogens (tertiary/aromatic N) is 4. The third-order valence-electron chi connectivity index (χ3n) is 2.40. The first-order valence-electron chi connectivity index (χ1n) is 5.95. The van der Waals surface area contributed by atoms with E-state index >= 15 is 0 Å². The molecule has 0 aliphatic carbocycles. The summed E-state index contributed by atoms with van der Waals surface area (Å²) in [6.45, 7) is 2.59. The van der Waals surface area contributed by atoms with Gasteiger partial charge in [0, 0.05) is 0 Å². The van der Waals surface area contributed by atoms with Gasteiger partial charge < -0.3 is 14.6 Å². The largest absolute Gasteiger partial charge is 0.490 e. The minimum absolute atomic E-state index is 0.0356. The van der Waals surface area contributed by atoms with Crippen molar-refractivity contribution in [3.8, 4) is 11.5 Å². The molecule has 0 aliphatic rings. The van der Waals surface area contributed by atoms with E-state index in [1.807, 2.05) is 6.92 Å². The average molecular weight is 264 g/mol. The Hall–Kier alpha value is -2.15. The van der Waals surface area contributed by atoms with Crippen LogP contribution >= 0.6 is 0 Å². The van der Waals surface area contributed by atoms with Crippen molar-refractivity contribution in [1.82, 2.24) is 20.2 Å². The number of benzene rings is 1. The molecule has 102 valence electrons. The summed E-state index contributed by atoms with van der Waals surface area (Å²) in [6, 6.07) is 5.29. The van der Waals surface area contributed by atoms with Gasteiger partial charge in [-0.3, -0.25) is 0 Å². The molecular weight excluding hydrogens is 248 g/mol. The fourth-order valence-electron chi connectivity index (χ4n) is 1.56. The van der Waals surface area contributed by atoms with Crippen LogP contribution in [-0.4, -0.2) is 31.9 Å². The third kappa shape index (κ3) is 3.41. The monoisotopic (exact) mass is 264 g/mol. The van der Waals surface area contributed by atoms with Crippen LogP contribution in [0, 0.1) is 0 Å². The summed E-state index contributed by atoms with van der Waals surface area (Å²) in [4.78, 5) is 1.37. The molecule has 0 unspecified atom stereocenters. The summed E-state index contributed by atoms with van der Waals surface area (Å²) in [6.07, 6.45) is 0. The average Bonchev–Trinajstić information content (AvgIpc) is 2.83. The SMILES string of the molecule is CCOc1cc(CO)ccc1OCc1nnn(C)n1. The first kappa shape index (κ1) is 13.3. The number of rotatable bonds is 6. The summed E-state index contributed by atoms with van der Waals surface area (Å²) in [5.74, 6) is 1.68. The van der Waals surface area contributed by atoms with Gasteiger partial charge >= 0.3 is 0 Å². The molecule has 1 aromatic heterocycles. The molecule has 19 heavy (non-hydrogen) atoms. The first-order valence-corrected chi connectivity index (χ1v) is 5.95. The van der Waals surface area contributed by atoms with Crippen molar-refractivity contribution in [1.29, 1.82) is 0 Å². The van der Waals surface area contributed by atoms with Crippen molar-refractivity contribution < 1.29 is 14.6 Å². The molecule has 0 saturated carbocycles. The number of hydrogen-bond donors (Lipinski definition) is 1. The fourth-order valence-corrected chi connectivity index (χ4v) is 1.56. The van der Waals surface area contributed by atoms with Crippen LogP contribution in [0.3, 0.4) is 0 Å². The Morgan fingerprint density at radius 2 is 2.11 bits per heavy atom.